The van der Waals surface area contributed by atoms with Crippen LogP contribution in [0.3, 0.4) is 0 Å². The topological polar surface area (TPSA) is 59.6 Å². The number of carbonyl (C=O) groups is 1. The molecule has 1 amide bonds. The van der Waals surface area contributed by atoms with Crippen molar-refractivity contribution in [3.8, 4) is 0 Å². The quantitative estimate of drug-likeness (QED) is 0.869. The third kappa shape index (κ3) is 4.70. The molecule has 6 heteroatoms. The summed E-state index contributed by atoms with van der Waals surface area (Å²) in [7, 11) is 0. The van der Waals surface area contributed by atoms with Gasteiger partial charge < -0.3 is 20.1 Å². The van der Waals surface area contributed by atoms with E-state index in [-0.39, 0.29) is 36.6 Å². The minimum absolute atomic E-state index is 0. The number of nitrogens with one attached hydrogen (secondary N) is 2. The van der Waals surface area contributed by atoms with Crippen LogP contribution < -0.4 is 10.6 Å². The van der Waals surface area contributed by atoms with E-state index in [2.05, 4.69) is 22.8 Å². The molecule has 2 saturated heterocycles. The monoisotopic (exact) mass is 354 g/mol. The molecule has 3 rings (SSSR count). The number of carbonyl (C=O) groups excluding carboxylic acids is 1. The van der Waals surface area contributed by atoms with E-state index < -0.39 is 0 Å². The summed E-state index contributed by atoms with van der Waals surface area (Å²) in [5.74, 6) is 0.338. The van der Waals surface area contributed by atoms with Crippen LogP contribution in [0, 0.1) is 5.92 Å². The zero-order valence-electron chi connectivity index (χ0n) is 14.1. The van der Waals surface area contributed by atoms with E-state index in [9.17, 15) is 4.79 Å². The van der Waals surface area contributed by atoms with Crippen molar-refractivity contribution in [2.24, 2.45) is 5.92 Å². The fraction of sp³-hybridized carbons (Fsp3) is 0.611. The second-order valence-corrected chi connectivity index (χ2v) is 6.36. The average Bonchev–Trinajstić information content (AvgIpc) is 2.61. The van der Waals surface area contributed by atoms with Crippen molar-refractivity contribution in [2.45, 2.75) is 38.0 Å². The van der Waals surface area contributed by atoms with E-state index in [0.29, 0.717) is 19.1 Å². The lowest BCUT2D eigenvalue weighted by Gasteiger charge is -2.34. The molecule has 0 aromatic heterocycles. The zero-order valence-corrected chi connectivity index (χ0v) is 14.9. The first-order valence-corrected chi connectivity index (χ1v) is 8.55. The van der Waals surface area contributed by atoms with Crippen molar-refractivity contribution >= 4 is 18.3 Å². The van der Waals surface area contributed by atoms with Crippen LogP contribution in [-0.4, -0.2) is 44.4 Å². The maximum Gasteiger partial charge on any atom is 0.239 e. The van der Waals surface area contributed by atoms with Crippen molar-refractivity contribution in [3.63, 3.8) is 0 Å². The van der Waals surface area contributed by atoms with Gasteiger partial charge in [-0.3, -0.25) is 4.79 Å². The summed E-state index contributed by atoms with van der Waals surface area (Å²) >= 11 is 0. The number of hydrogen-bond acceptors (Lipinski definition) is 4. The number of hydrogen-bond donors (Lipinski definition) is 2. The lowest BCUT2D eigenvalue weighted by molar-refractivity contribution is -0.129. The Labute approximate surface area is 149 Å². The molecule has 1 aromatic rings. The van der Waals surface area contributed by atoms with E-state index in [1.165, 1.54) is 5.56 Å². The summed E-state index contributed by atoms with van der Waals surface area (Å²) in [6, 6.07) is 10.0. The highest BCUT2D eigenvalue weighted by Crippen LogP contribution is 2.33. The van der Waals surface area contributed by atoms with Gasteiger partial charge >= 0.3 is 0 Å². The second-order valence-electron chi connectivity index (χ2n) is 6.36. The van der Waals surface area contributed by atoms with E-state index in [4.69, 9.17) is 9.47 Å². The van der Waals surface area contributed by atoms with Crippen LogP contribution >= 0.6 is 12.4 Å². The summed E-state index contributed by atoms with van der Waals surface area (Å²) in [6.45, 7) is 4.76. The molecule has 2 N–H and O–H groups in total. The van der Waals surface area contributed by atoms with E-state index in [0.717, 1.165) is 26.0 Å². The molecule has 0 bridgehead atoms. The molecule has 1 aromatic carbocycles. The largest absolute Gasteiger partial charge is 0.375 e. The maximum absolute atomic E-state index is 12.4. The Morgan fingerprint density at radius 1 is 1.25 bits per heavy atom. The highest BCUT2D eigenvalue weighted by atomic mass is 35.5. The predicted molar refractivity (Wildman–Crippen MR) is 95.3 cm³/mol. The normalized spacial score (nSPS) is 30.2. The molecule has 134 valence electrons. The molecule has 2 aliphatic rings. The van der Waals surface area contributed by atoms with Crippen LogP contribution in [0.2, 0.25) is 0 Å². The first-order valence-electron chi connectivity index (χ1n) is 8.55. The Morgan fingerprint density at radius 3 is 2.79 bits per heavy atom. The fourth-order valence-corrected chi connectivity index (χ4v) is 3.43. The van der Waals surface area contributed by atoms with Gasteiger partial charge in [0.2, 0.25) is 5.91 Å². The minimum atomic E-state index is -0.261. The van der Waals surface area contributed by atoms with Gasteiger partial charge in [-0.2, -0.15) is 0 Å². The highest BCUT2D eigenvalue weighted by molar-refractivity contribution is 5.85. The molecule has 0 radical (unpaired) electrons. The van der Waals surface area contributed by atoms with Gasteiger partial charge in [0.05, 0.1) is 18.8 Å². The molecule has 2 heterocycles. The summed E-state index contributed by atoms with van der Waals surface area (Å²) < 4.78 is 11.5. The van der Waals surface area contributed by atoms with Gasteiger partial charge in [0.1, 0.15) is 6.04 Å². The van der Waals surface area contributed by atoms with Crippen LogP contribution in [0.5, 0.6) is 0 Å². The van der Waals surface area contributed by atoms with E-state index in [1.807, 2.05) is 25.1 Å². The van der Waals surface area contributed by atoms with Crippen LogP contribution in [-0.2, 0) is 14.3 Å². The molecule has 5 nitrogen and oxygen atoms in total. The Kier molecular flexibility index (Phi) is 7.49. The van der Waals surface area contributed by atoms with Crippen molar-refractivity contribution in [1.29, 1.82) is 0 Å². The Balaban J connectivity index is 0.00000208. The molecule has 2 fully saturated rings. The predicted octanol–water partition coefficient (Wildman–Crippen LogP) is 2.07. The Morgan fingerprint density at radius 2 is 2.04 bits per heavy atom. The van der Waals surface area contributed by atoms with E-state index in [1.54, 1.807) is 0 Å². The lowest BCUT2D eigenvalue weighted by Crippen LogP contribution is -2.56. The number of benzene rings is 1. The molecule has 2 aliphatic heterocycles. The molecule has 2 unspecified atom stereocenters. The molecule has 0 saturated carbocycles. The number of amides is 1. The smallest absolute Gasteiger partial charge is 0.239 e. The number of halogens is 1. The first kappa shape index (κ1) is 19.2. The number of ether oxygens (including phenoxy) is 2. The third-order valence-corrected chi connectivity index (χ3v) is 4.71. The van der Waals surface area contributed by atoms with Crippen LogP contribution in [0.15, 0.2) is 30.3 Å². The Bertz CT molecular complexity index is 514. The highest BCUT2D eigenvalue weighted by Gasteiger charge is 2.31. The van der Waals surface area contributed by atoms with Gasteiger partial charge in [-0.1, -0.05) is 30.3 Å². The SMILES string of the molecule is C[C@H]1OCCN[C@@H]1C(=O)NCC1CCCOC1c1ccccc1.Cl. The fourth-order valence-electron chi connectivity index (χ4n) is 3.43. The van der Waals surface area contributed by atoms with Crippen molar-refractivity contribution < 1.29 is 14.3 Å². The van der Waals surface area contributed by atoms with Crippen LogP contribution in [0.25, 0.3) is 0 Å². The minimum Gasteiger partial charge on any atom is -0.375 e. The van der Waals surface area contributed by atoms with Gasteiger partial charge in [0.15, 0.2) is 0 Å². The second kappa shape index (κ2) is 9.37. The first-order chi connectivity index (χ1) is 11.3. The third-order valence-electron chi connectivity index (χ3n) is 4.71. The van der Waals surface area contributed by atoms with E-state index >= 15 is 0 Å². The number of rotatable bonds is 4. The van der Waals surface area contributed by atoms with Gasteiger partial charge in [-0.05, 0) is 25.3 Å². The summed E-state index contributed by atoms with van der Waals surface area (Å²) in [6.07, 6.45) is 2.10. The van der Waals surface area contributed by atoms with Crippen LogP contribution in [0.4, 0.5) is 0 Å². The molecular formula is C18H27ClN2O3. The van der Waals surface area contributed by atoms with Crippen LogP contribution in [0.1, 0.15) is 31.4 Å². The lowest BCUT2D eigenvalue weighted by atomic mass is 9.89. The van der Waals surface area contributed by atoms with Gasteiger partial charge in [0.25, 0.3) is 0 Å². The Hall–Kier alpha value is -1.14. The van der Waals surface area contributed by atoms with Crippen molar-refractivity contribution in [2.75, 3.05) is 26.3 Å². The molecular weight excluding hydrogens is 328 g/mol. The molecule has 4 atom stereocenters. The summed E-state index contributed by atoms with van der Waals surface area (Å²) in [5.41, 5.74) is 1.19. The summed E-state index contributed by atoms with van der Waals surface area (Å²) in [4.78, 5) is 12.4. The number of morpholine rings is 1. The van der Waals surface area contributed by atoms with Gasteiger partial charge in [-0.25, -0.2) is 0 Å². The molecule has 0 spiro atoms. The van der Waals surface area contributed by atoms with Crippen molar-refractivity contribution in [1.82, 2.24) is 10.6 Å². The molecule has 24 heavy (non-hydrogen) atoms. The van der Waals surface area contributed by atoms with Gasteiger partial charge in [0, 0.05) is 25.6 Å². The average molecular weight is 355 g/mol. The molecule has 0 aliphatic carbocycles. The zero-order chi connectivity index (χ0) is 16.1. The summed E-state index contributed by atoms with van der Waals surface area (Å²) in [5, 5.41) is 6.32. The van der Waals surface area contributed by atoms with Gasteiger partial charge in [-0.15, -0.1) is 12.4 Å². The standard InChI is InChI=1S/C18H26N2O3.ClH/c1-13-16(19-9-11-22-13)18(21)20-12-15-8-5-10-23-17(15)14-6-3-2-4-7-14;/h2-4,6-7,13,15-17,19H,5,8-12H2,1H3,(H,20,21);1H/t13-,15?,16+,17?;/m1./s1. The maximum atomic E-state index is 12.4. The van der Waals surface area contributed by atoms with Crippen molar-refractivity contribution in [3.05, 3.63) is 35.9 Å².